The summed E-state index contributed by atoms with van der Waals surface area (Å²) in [4.78, 5) is 4.36. The van der Waals surface area contributed by atoms with Crippen LogP contribution in [-0.2, 0) is 0 Å². The van der Waals surface area contributed by atoms with E-state index < -0.39 is 0 Å². The van der Waals surface area contributed by atoms with Gasteiger partial charge in [-0.25, -0.2) is 4.98 Å². The molecule has 1 saturated carbocycles. The van der Waals surface area contributed by atoms with Crippen LogP contribution < -0.4 is 5.73 Å². The zero-order valence-electron chi connectivity index (χ0n) is 9.53. The second-order valence-corrected chi connectivity index (χ2v) is 5.35. The standard InChI is InChI=1S/C12H15N3S/c1-7-5-10(11-6-16-12(13)14-11)8(2)15(7)9-3-4-9/h5-6,9H,3-4H2,1-2H3,(H2,13,14). The van der Waals surface area contributed by atoms with Crippen molar-refractivity contribution in [2.75, 3.05) is 5.73 Å². The summed E-state index contributed by atoms with van der Waals surface area (Å²) >= 11 is 1.50. The summed E-state index contributed by atoms with van der Waals surface area (Å²) in [6, 6.07) is 2.95. The molecule has 0 aliphatic heterocycles. The van der Waals surface area contributed by atoms with Crippen molar-refractivity contribution < 1.29 is 0 Å². The normalized spacial score (nSPS) is 15.6. The Morgan fingerprint density at radius 3 is 2.75 bits per heavy atom. The molecule has 0 saturated heterocycles. The van der Waals surface area contributed by atoms with E-state index in [2.05, 4.69) is 29.5 Å². The summed E-state index contributed by atoms with van der Waals surface area (Å²) in [5, 5.41) is 2.68. The van der Waals surface area contributed by atoms with E-state index in [9.17, 15) is 0 Å². The van der Waals surface area contributed by atoms with Crippen LogP contribution in [0.3, 0.4) is 0 Å². The molecule has 2 N–H and O–H groups in total. The van der Waals surface area contributed by atoms with E-state index in [0.717, 1.165) is 11.7 Å². The van der Waals surface area contributed by atoms with Gasteiger partial charge in [0.05, 0.1) is 5.69 Å². The molecule has 3 nitrogen and oxygen atoms in total. The van der Waals surface area contributed by atoms with Gasteiger partial charge in [-0.2, -0.15) is 0 Å². The fourth-order valence-electron chi connectivity index (χ4n) is 2.34. The molecule has 0 amide bonds. The lowest BCUT2D eigenvalue weighted by molar-refractivity contribution is 0.700. The molecule has 84 valence electrons. The second kappa shape index (κ2) is 3.35. The average molecular weight is 233 g/mol. The monoisotopic (exact) mass is 233 g/mol. The summed E-state index contributed by atoms with van der Waals surface area (Å²) in [5.41, 5.74) is 10.6. The van der Waals surface area contributed by atoms with E-state index in [4.69, 9.17) is 5.73 Å². The first kappa shape index (κ1) is 9.90. The molecule has 2 heterocycles. The quantitative estimate of drug-likeness (QED) is 0.866. The predicted molar refractivity (Wildman–Crippen MR) is 67.7 cm³/mol. The van der Waals surface area contributed by atoms with Crippen molar-refractivity contribution in [3.63, 3.8) is 0 Å². The van der Waals surface area contributed by atoms with Crippen LogP contribution in [0.15, 0.2) is 11.4 Å². The maximum absolute atomic E-state index is 5.68. The van der Waals surface area contributed by atoms with Crippen molar-refractivity contribution in [3.8, 4) is 11.3 Å². The number of nitrogens with two attached hydrogens (primary N) is 1. The number of thiazole rings is 1. The van der Waals surface area contributed by atoms with Gasteiger partial charge >= 0.3 is 0 Å². The largest absolute Gasteiger partial charge is 0.375 e. The number of aryl methyl sites for hydroxylation is 1. The Labute approximate surface area is 98.9 Å². The first-order chi connectivity index (χ1) is 7.66. The van der Waals surface area contributed by atoms with E-state index in [1.165, 1.54) is 41.1 Å². The lowest BCUT2D eigenvalue weighted by Gasteiger charge is -2.06. The molecule has 4 heteroatoms. The Hall–Kier alpha value is -1.29. The third-order valence-corrected chi connectivity index (χ3v) is 3.87. The van der Waals surface area contributed by atoms with Gasteiger partial charge in [-0.3, -0.25) is 0 Å². The van der Waals surface area contributed by atoms with E-state index in [1.54, 1.807) is 0 Å². The molecule has 1 aliphatic rings. The van der Waals surface area contributed by atoms with Gasteiger partial charge in [-0.1, -0.05) is 0 Å². The summed E-state index contributed by atoms with van der Waals surface area (Å²) in [7, 11) is 0. The molecule has 0 atom stereocenters. The molecule has 3 rings (SSSR count). The molecule has 0 unspecified atom stereocenters. The smallest absolute Gasteiger partial charge is 0.180 e. The van der Waals surface area contributed by atoms with Gasteiger partial charge in [0.2, 0.25) is 0 Å². The van der Waals surface area contributed by atoms with Crippen molar-refractivity contribution in [2.24, 2.45) is 0 Å². The Morgan fingerprint density at radius 2 is 2.19 bits per heavy atom. The Kier molecular flexibility index (Phi) is 2.07. The molecular formula is C12H15N3S. The van der Waals surface area contributed by atoms with Gasteiger partial charge in [-0.05, 0) is 32.8 Å². The van der Waals surface area contributed by atoms with Crippen molar-refractivity contribution in [1.29, 1.82) is 0 Å². The second-order valence-electron chi connectivity index (χ2n) is 4.46. The predicted octanol–water partition coefficient (Wildman–Crippen LogP) is 3.15. The van der Waals surface area contributed by atoms with Gasteiger partial charge in [0.25, 0.3) is 0 Å². The third-order valence-electron chi connectivity index (χ3n) is 3.19. The minimum Gasteiger partial charge on any atom is -0.375 e. The summed E-state index contributed by atoms with van der Waals surface area (Å²) in [6.07, 6.45) is 2.63. The molecule has 1 aliphatic carbocycles. The molecular weight excluding hydrogens is 218 g/mol. The zero-order chi connectivity index (χ0) is 11.3. The number of hydrogen-bond acceptors (Lipinski definition) is 3. The van der Waals surface area contributed by atoms with Crippen LogP contribution in [0.25, 0.3) is 11.3 Å². The highest BCUT2D eigenvalue weighted by Gasteiger charge is 2.27. The summed E-state index contributed by atoms with van der Waals surface area (Å²) < 4.78 is 2.44. The summed E-state index contributed by atoms with van der Waals surface area (Å²) in [5.74, 6) is 0. The highest BCUT2D eigenvalue weighted by Crippen LogP contribution is 2.40. The first-order valence-electron chi connectivity index (χ1n) is 5.56. The van der Waals surface area contributed by atoms with Crippen molar-refractivity contribution in [3.05, 3.63) is 22.8 Å². The minimum atomic E-state index is 0.645. The van der Waals surface area contributed by atoms with Crippen LogP contribution in [0.2, 0.25) is 0 Å². The Bertz CT molecular complexity index is 534. The van der Waals surface area contributed by atoms with E-state index in [1.807, 2.05) is 5.38 Å². The molecule has 0 bridgehead atoms. The van der Waals surface area contributed by atoms with Crippen molar-refractivity contribution in [1.82, 2.24) is 9.55 Å². The number of hydrogen-bond donors (Lipinski definition) is 1. The zero-order valence-corrected chi connectivity index (χ0v) is 10.3. The fraction of sp³-hybridized carbons (Fsp3) is 0.417. The topological polar surface area (TPSA) is 43.8 Å². The van der Waals surface area contributed by atoms with Crippen LogP contribution >= 0.6 is 11.3 Å². The maximum atomic E-state index is 5.68. The summed E-state index contributed by atoms with van der Waals surface area (Å²) in [6.45, 7) is 4.35. The van der Waals surface area contributed by atoms with Crippen LogP contribution in [-0.4, -0.2) is 9.55 Å². The number of anilines is 1. The molecule has 0 aromatic carbocycles. The average Bonchev–Trinajstić information content (AvgIpc) is 2.90. The highest BCUT2D eigenvalue weighted by atomic mass is 32.1. The van der Waals surface area contributed by atoms with Gasteiger partial charge < -0.3 is 10.3 Å². The van der Waals surface area contributed by atoms with Gasteiger partial charge in [0, 0.05) is 28.4 Å². The Balaban J connectivity index is 2.11. The van der Waals surface area contributed by atoms with E-state index in [-0.39, 0.29) is 0 Å². The first-order valence-corrected chi connectivity index (χ1v) is 6.44. The molecule has 0 spiro atoms. The number of nitrogen functional groups attached to an aromatic ring is 1. The molecule has 1 fully saturated rings. The number of aromatic nitrogens is 2. The van der Waals surface area contributed by atoms with Crippen LogP contribution in [0, 0.1) is 13.8 Å². The van der Waals surface area contributed by atoms with Crippen LogP contribution in [0.4, 0.5) is 5.13 Å². The van der Waals surface area contributed by atoms with Gasteiger partial charge in [-0.15, -0.1) is 11.3 Å². The third kappa shape index (κ3) is 1.45. The van der Waals surface area contributed by atoms with Gasteiger partial charge in [0.15, 0.2) is 5.13 Å². The van der Waals surface area contributed by atoms with Crippen LogP contribution in [0.5, 0.6) is 0 Å². The number of rotatable bonds is 2. The molecule has 2 aromatic heterocycles. The molecule has 2 aromatic rings. The lowest BCUT2D eigenvalue weighted by Crippen LogP contribution is -1.98. The Morgan fingerprint density at radius 1 is 1.44 bits per heavy atom. The van der Waals surface area contributed by atoms with E-state index in [0.29, 0.717) is 5.13 Å². The lowest BCUT2D eigenvalue weighted by atomic mass is 10.2. The fourth-order valence-corrected chi connectivity index (χ4v) is 2.91. The van der Waals surface area contributed by atoms with Gasteiger partial charge in [0.1, 0.15) is 0 Å². The van der Waals surface area contributed by atoms with Crippen molar-refractivity contribution in [2.45, 2.75) is 32.7 Å². The SMILES string of the molecule is Cc1cc(-c2csc(N)n2)c(C)n1C1CC1. The maximum Gasteiger partial charge on any atom is 0.180 e. The van der Waals surface area contributed by atoms with Crippen LogP contribution in [0.1, 0.15) is 30.3 Å². The molecule has 0 radical (unpaired) electrons. The number of nitrogens with zero attached hydrogens (tertiary/aromatic N) is 2. The van der Waals surface area contributed by atoms with E-state index >= 15 is 0 Å². The highest BCUT2D eigenvalue weighted by molar-refractivity contribution is 7.13. The van der Waals surface area contributed by atoms with Crippen molar-refractivity contribution >= 4 is 16.5 Å². The minimum absolute atomic E-state index is 0.645. The molecule has 16 heavy (non-hydrogen) atoms.